The summed E-state index contributed by atoms with van der Waals surface area (Å²) in [5.74, 6) is 0. The molecule has 2 unspecified atom stereocenters. The Morgan fingerprint density at radius 2 is 2.10 bits per heavy atom. The molecule has 0 aliphatic heterocycles. The maximum absolute atomic E-state index is 11.8. The average Bonchev–Trinajstić information content (AvgIpc) is 2.99. The van der Waals surface area contributed by atoms with Crippen molar-refractivity contribution in [1.29, 1.82) is 0 Å². The van der Waals surface area contributed by atoms with Crippen LogP contribution in [0.25, 0.3) is 0 Å². The van der Waals surface area contributed by atoms with Crippen LogP contribution in [0.5, 0.6) is 0 Å². The van der Waals surface area contributed by atoms with Crippen LogP contribution < -0.4 is 10.6 Å². The minimum atomic E-state index is -1.03. The standard InChI is InChI=1S/C15H27N3O2S/c1-5-18(6-2)12(3)10-16-14(19)17-11-15(4,20)13-8-7-9-21-13/h7-9,12,20H,5-6,10-11H2,1-4H3,(H2,16,17,19). The Morgan fingerprint density at radius 3 is 2.62 bits per heavy atom. The van der Waals surface area contributed by atoms with E-state index in [9.17, 15) is 9.90 Å². The van der Waals surface area contributed by atoms with Crippen molar-refractivity contribution in [3.8, 4) is 0 Å². The molecule has 3 N–H and O–H groups in total. The predicted octanol–water partition coefficient (Wildman–Crippen LogP) is 1.99. The summed E-state index contributed by atoms with van der Waals surface area (Å²) in [6.45, 7) is 10.7. The number of hydrogen-bond donors (Lipinski definition) is 3. The van der Waals surface area contributed by atoms with E-state index in [4.69, 9.17) is 0 Å². The molecule has 0 fully saturated rings. The number of carbonyl (C=O) groups excluding carboxylic acids is 1. The third-order valence-electron chi connectivity index (χ3n) is 3.64. The molecule has 120 valence electrons. The van der Waals surface area contributed by atoms with E-state index in [2.05, 4.69) is 36.3 Å². The number of nitrogens with one attached hydrogen (secondary N) is 2. The summed E-state index contributed by atoms with van der Waals surface area (Å²) in [6, 6.07) is 3.81. The van der Waals surface area contributed by atoms with Gasteiger partial charge in [-0.3, -0.25) is 4.90 Å². The minimum Gasteiger partial charge on any atom is -0.383 e. The van der Waals surface area contributed by atoms with Gasteiger partial charge in [0.1, 0.15) is 5.60 Å². The van der Waals surface area contributed by atoms with Crippen LogP contribution in [0.2, 0.25) is 0 Å². The van der Waals surface area contributed by atoms with Crippen LogP contribution >= 0.6 is 11.3 Å². The molecule has 2 atom stereocenters. The summed E-state index contributed by atoms with van der Waals surface area (Å²) < 4.78 is 0. The summed E-state index contributed by atoms with van der Waals surface area (Å²) in [5, 5.41) is 17.8. The molecule has 1 aromatic heterocycles. The maximum atomic E-state index is 11.8. The van der Waals surface area contributed by atoms with Crippen molar-refractivity contribution in [3.63, 3.8) is 0 Å². The van der Waals surface area contributed by atoms with Gasteiger partial charge in [0, 0.05) is 17.5 Å². The van der Waals surface area contributed by atoms with Gasteiger partial charge in [0.25, 0.3) is 0 Å². The lowest BCUT2D eigenvalue weighted by Crippen LogP contribution is -2.47. The number of likely N-dealkylation sites (N-methyl/N-ethyl adjacent to an activating group) is 1. The first kappa shape index (κ1) is 17.9. The van der Waals surface area contributed by atoms with E-state index in [1.54, 1.807) is 6.92 Å². The Morgan fingerprint density at radius 1 is 1.43 bits per heavy atom. The second-order valence-corrected chi connectivity index (χ2v) is 6.33. The minimum absolute atomic E-state index is 0.193. The molecular weight excluding hydrogens is 286 g/mol. The summed E-state index contributed by atoms with van der Waals surface area (Å²) in [7, 11) is 0. The highest BCUT2D eigenvalue weighted by Crippen LogP contribution is 2.24. The number of carbonyl (C=O) groups is 1. The molecule has 1 aromatic rings. The number of amides is 2. The second-order valence-electron chi connectivity index (χ2n) is 5.38. The first-order chi connectivity index (χ1) is 9.90. The molecule has 0 radical (unpaired) electrons. The van der Waals surface area contributed by atoms with Crippen LogP contribution in [0.3, 0.4) is 0 Å². The molecule has 1 rings (SSSR count). The van der Waals surface area contributed by atoms with E-state index in [0.717, 1.165) is 18.0 Å². The number of nitrogens with zero attached hydrogens (tertiary/aromatic N) is 1. The van der Waals surface area contributed by atoms with E-state index >= 15 is 0 Å². The third-order valence-corrected chi connectivity index (χ3v) is 4.76. The number of urea groups is 1. The zero-order chi connectivity index (χ0) is 15.9. The molecular formula is C15H27N3O2S. The van der Waals surface area contributed by atoms with Crippen LogP contribution in [0.4, 0.5) is 4.79 Å². The molecule has 0 aliphatic rings. The first-order valence-electron chi connectivity index (χ1n) is 7.42. The molecule has 2 amide bonds. The lowest BCUT2D eigenvalue weighted by Gasteiger charge is -2.27. The maximum Gasteiger partial charge on any atom is 0.314 e. The Bertz CT molecular complexity index is 417. The Kier molecular flexibility index (Phi) is 7.14. The van der Waals surface area contributed by atoms with Gasteiger partial charge in [0.15, 0.2) is 0 Å². The Balaban J connectivity index is 2.34. The zero-order valence-corrected chi connectivity index (χ0v) is 14.2. The summed E-state index contributed by atoms with van der Waals surface area (Å²) in [5.41, 5.74) is -1.03. The van der Waals surface area contributed by atoms with Crippen molar-refractivity contribution in [1.82, 2.24) is 15.5 Å². The molecule has 0 bridgehead atoms. The van der Waals surface area contributed by atoms with E-state index in [1.807, 2.05) is 17.5 Å². The van der Waals surface area contributed by atoms with Gasteiger partial charge in [-0.15, -0.1) is 11.3 Å². The van der Waals surface area contributed by atoms with E-state index in [-0.39, 0.29) is 12.6 Å². The van der Waals surface area contributed by atoms with Crippen molar-refractivity contribution in [3.05, 3.63) is 22.4 Å². The van der Waals surface area contributed by atoms with Crippen LogP contribution in [-0.4, -0.2) is 48.3 Å². The van der Waals surface area contributed by atoms with Gasteiger partial charge in [-0.25, -0.2) is 4.79 Å². The highest BCUT2D eigenvalue weighted by Gasteiger charge is 2.24. The molecule has 5 nitrogen and oxygen atoms in total. The third kappa shape index (κ3) is 5.65. The Hall–Kier alpha value is -1.11. The second kappa shape index (κ2) is 8.36. The fourth-order valence-corrected chi connectivity index (χ4v) is 2.99. The van der Waals surface area contributed by atoms with Gasteiger partial charge >= 0.3 is 6.03 Å². The molecule has 21 heavy (non-hydrogen) atoms. The van der Waals surface area contributed by atoms with Gasteiger partial charge in [-0.2, -0.15) is 0 Å². The highest BCUT2D eigenvalue weighted by atomic mass is 32.1. The van der Waals surface area contributed by atoms with Crippen molar-refractivity contribution in [2.45, 2.75) is 39.3 Å². The molecule has 0 spiro atoms. The van der Waals surface area contributed by atoms with Crippen LogP contribution in [0.15, 0.2) is 17.5 Å². The van der Waals surface area contributed by atoms with Crippen molar-refractivity contribution in [2.75, 3.05) is 26.2 Å². The smallest absolute Gasteiger partial charge is 0.314 e. The van der Waals surface area contributed by atoms with Gasteiger partial charge < -0.3 is 15.7 Å². The molecule has 6 heteroatoms. The number of aliphatic hydroxyl groups is 1. The van der Waals surface area contributed by atoms with Crippen LogP contribution in [-0.2, 0) is 5.60 Å². The average molecular weight is 313 g/mol. The molecule has 1 heterocycles. The number of hydrogen-bond acceptors (Lipinski definition) is 4. The monoisotopic (exact) mass is 313 g/mol. The van der Waals surface area contributed by atoms with E-state index < -0.39 is 5.60 Å². The molecule has 0 aromatic carbocycles. The largest absolute Gasteiger partial charge is 0.383 e. The SMILES string of the molecule is CCN(CC)C(C)CNC(=O)NCC(C)(O)c1cccs1. The number of rotatable bonds is 8. The van der Waals surface area contributed by atoms with Gasteiger partial charge in [0.05, 0.1) is 6.54 Å². The highest BCUT2D eigenvalue weighted by molar-refractivity contribution is 7.10. The normalized spacial score (nSPS) is 15.5. The van der Waals surface area contributed by atoms with Gasteiger partial charge in [-0.05, 0) is 38.4 Å². The zero-order valence-electron chi connectivity index (χ0n) is 13.3. The number of thiophene rings is 1. The van der Waals surface area contributed by atoms with Crippen molar-refractivity contribution >= 4 is 17.4 Å². The fraction of sp³-hybridized carbons (Fsp3) is 0.667. The lowest BCUT2D eigenvalue weighted by molar-refractivity contribution is 0.0630. The Labute approximate surface area is 131 Å². The summed E-state index contributed by atoms with van der Waals surface area (Å²) >= 11 is 1.48. The predicted molar refractivity (Wildman–Crippen MR) is 87.7 cm³/mol. The summed E-state index contributed by atoms with van der Waals surface area (Å²) in [6.07, 6.45) is 0. The van der Waals surface area contributed by atoms with Gasteiger partial charge in [0.2, 0.25) is 0 Å². The van der Waals surface area contributed by atoms with E-state index in [1.165, 1.54) is 11.3 Å². The van der Waals surface area contributed by atoms with Crippen molar-refractivity contribution in [2.24, 2.45) is 0 Å². The molecule has 0 saturated carbocycles. The van der Waals surface area contributed by atoms with Crippen LogP contribution in [0, 0.1) is 0 Å². The van der Waals surface area contributed by atoms with E-state index in [0.29, 0.717) is 12.6 Å². The molecule has 0 aliphatic carbocycles. The molecule has 0 saturated heterocycles. The van der Waals surface area contributed by atoms with Crippen molar-refractivity contribution < 1.29 is 9.90 Å². The first-order valence-corrected chi connectivity index (χ1v) is 8.30. The topological polar surface area (TPSA) is 64.6 Å². The fourth-order valence-electron chi connectivity index (χ4n) is 2.20. The van der Waals surface area contributed by atoms with Crippen LogP contribution in [0.1, 0.15) is 32.6 Å². The lowest BCUT2D eigenvalue weighted by atomic mass is 10.1. The van der Waals surface area contributed by atoms with Gasteiger partial charge in [-0.1, -0.05) is 19.9 Å². The quantitative estimate of drug-likeness (QED) is 0.688. The summed E-state index contributed by atoms with van der Waals surface area (Å²) in [4.78, 5) is 14.9.